The maximum atomic E-state index is 15.9. The topological polar surface area (TPSA) is 83.4 Å². The lowest BCUT2D eigenvalue weighted by Gasteiger charge is -2.29. The number of nitrogens with one attached hydrogen (secondary N) is 1. The van der Waals surface area contributed by atoms with E-state index in [2.05, 4.69) is 27.2 Å². The number of rotatable bonds is 5. The quantitative estimate of drug-likeness (QED) is 0.592. The van der Waals surface area contributed by atoms with Gasteiger partial charge in [0.2, 0.25) is 0 Å². The third-order valence-corrected chi connectivity index (χ3v) is 6.81. The number of aromatic hydroxyl groups is 1. The van der Waals surface area contributed by atoms with Crippen molar-refractivity contribution >= 4 is 28.3 Å². The van der Waals surface area contributed by atoms with Crippen LogP contribution in [0.5, 0.6) is 11.8 Å². The summed E-state index contributed by atoms with van der Waals surface area (Å²) in [6.07, 6.45) is 4.50. The highest BCUT2D eigenvalue weighted by Gasteiger charge is 2.32. The summed E-state index contributed by atoms with van der Waals surface area (Å²) in [4.78, 5) is 15.3. The van der Waals surface area contributed by atoms with E-state index in [0.717, 1.165) is 31.4 Å². The monoisotopic (exact) mass is 457 g/mol. The zero-order chi connectivity index (χ0) is 22.6. The van der Waals surface area contributed by atoms with Crippen molar-refractivity contribution in [1.29, 1.82) is 0 Å². The van der Waals surface area contributed by atoms with Crippen molar-refractivity contribution < 1.29 is 14.2 Å². The van der Waals surface area contributed by atoms with E-state index in [1.165, 1.54) is 19.2 Å². The molecule has 0 unspecified atom stereocenters. The first kappa shape index (κ1) is 21.2. The van der Waals surface area contributed by atoms with Crippen LogP contribution in [0.15, 0.2) is 18.3 Å². The second kappa shape index (κ2) is 8.01. The Morgan fingerprint density at radius 3 is 2.69 bits per heavy atom. The Labute approximate surface area is 190 Å². The maximum absolute atomic E-state index is 15.9. The standard InChI is InChI=1S/C23H25ClFN5O2/c1-11-17(6-7-26-11)30(2)22-15-10-27-20(19(25)21(15)28-23(29-22)32-3)14-8-13(31)9-16(24)18(14)12-4-5-12/h8-12,17,26,31H,4-7H2,1-3H3/t11-,17-/m1/s1. The number of benzene rings is 1. The molecule has 9 heteroatoms. The molecule has 0 bridgehead atoms. The molecule has 1 saturated heterocycles. The molecule has 7 nitrogen and oxygen atoms in total. The minimum atomic E-state index is -0.584. The van der Waals surface area contributed by atoms with Crippen molar-refractivity contribution in [3.63, 3.8) is 0 Å². The Bertz CT molecular complexity index is 1200. The van der Waals surface area contributed by atoms with E-state index in [1.807, 2.05) is 11.9 Å². The Balaban J connectivity index is 1.70. The van der Waals surface area contributed by atoms with Gasteiger partial charge < -0.3 is 20.1 Å². The minimum Gasteiger partial charge on any atom is -0.508 e. The molecule has 0 radical (unpaired) electrons. The van der Waals surface area contributed by atoms with E-state index in [9.17, 15) is 5.11 Å². The molecule has 1 aliphatic heterocycles. The van der Waals surface area contributed by atoms with E-state index in [4.69, 9.17) is 16.3 Å². The SMILES string of the molecule is COc1nc(N(C)[C@@H]2CCN[C@@H]2C)c2cnc(-c3cc(O)cc(Cl)c3C3CC3)c(F)c2n1. The van der Waals surface area contributed by atoms with Crippen molar-refractivity contribution in [3.8, 4) is 23.0 Å². The van der Waals surface area contributed by atoms with E-state index in [-0.39, 0.29) is 41.0 Å². The van der Waals surface area contributed by atoms with Gasteiger partial charge in [-0.2, -0.15) is 9.97 Å². The van der Waals surface area contributed by atoms with E-state index in [1.54, 1.807) is 6.20 Å². The largest absolute Gasteiger partial charge is 0.508 e. The number of nitrogens with zero attached hydrogens (tertiary/aromatic N) is 4. The normalized spacial score (nSPS) is 20.7. The fraction of sp³-hybridized carbons (Fsp3) is 0.435. The van der Waals surface area contributed by atoms with Crippen molar-refractivity contribution in [3.05, 3.63) is 34.7 Å². The lowest BCUT2D eigenvalue weighted by atomic mass is 9.98. The third kappa shape index (κ3) is 3.51. The molecule has 2 aliphatic rings. The molecule has 5 rings (SSSR count). The highest BCUT2D eigenvalue weighted by Crippen LogP contribution is 2.49. The summed E-state index contributed by atoms with van der Waals surface area (Å²) < 4.78 is 21.2. The number of aromatic nitrogens is 3. The van der Waals surface area contributed by atoms with Gasteiger partial charge in [0.1, 0.15) is 22.8 Å². The summed E-state index contributed by atoms with van der Waals surface area (Å²) in [6.45, 7) is 3.03. The van der Waals surface area contributed by atoms with Crippen LogP contribution in [0.25, 0.3) is 22.2 Å². The van der Waals surface area contributed by atoms with Crippen LogP contribution in [0, 0.1) is 5.82 Å². The Morgan fingerprint density at radius 1 is 1.25 bits per heavy atom. The molecule has 1 aromatic carbocycles. The average Bonchev–Trinajstić information content (AvgIpc) is 3.51. The molecule has 2 atom stereocenters. The molecule has 2 aromatic heterocycles. The molecule has 1 saturated carbocycles. The summed E-state index contributed by atoms with van der Waals surface area (Å²) in [6, 6.07) is 3.57. The Morgan fingerprint density at radius 2 is 2.03 bits per heavy atom. The van der Waals surface area contributed by atoms with Crippen molar-refractivity contribution in [2.45, 2.75) is 44.2 Å². The van der Waals surface area contributed by atoms with Gasteiger partial charge in [-0.25, -0.2) is 4.39 Å². The number of methoxy groups -OCH3 is 1. The highest BCUT2D eigenvalue weighted by molar-refractivity contribution is 6.32. The van der Waals surface area contributed by atoms with Crippen molar-refractivity contribution in [2.24, 2.45) is 0 Å². The number of phenols is 1. The van der Waals surface area contributed by atoms with Gasteiger partial charge in [-0.3, -0.25) is 4.98 Å². The number of hydrogen-bond acceptors (Lipinski definition) is 7. The Kier molecular flexibility index (Phi) is 5.29. The Hall–Kier alpha value is -2.71. The molecule has 2 fully saturated rings. The zero-order valence-electron chi connectivity index (χ0n) is 18.2. The van der Waals surface area contributed by atoms with Crippen molar-refractivity contribution in [1.82, 2.24) is 20.3 Å². The highest BCUT2D eigenvalue weighted by atomic mass is 35.5. The zero-order valence-corrected chi connectivity index (χ0v) is 18.9. The van der Waals surface area contributed by atoms with Gasteiger partial charge in [0, 0.05) is 35.9 Å². The molecule has 2 N–H and O–H groups in total. The second-order valence-electron chi connectivity index (χ2n) is 8.59. The van der Waals surface area contributed by atoms with Crippen LogP contribution in [0.3, 0.4) is 0 Å². The summed E-state index contributed by atoms with van der Waals surface area (Å²) in [5.41, 5.74) is 1.56. The van der Waals surface area contributed by atoms with Gasteiger partial charge in [-0.05, 0) is 56.3 Å². The minimum absolute atomic E-state index is 0.0286. The number of pyridine rings is 1. The van der Waals surface area contributed by atoms with Crippen LogP contribution >= 0.6 is 11.6 Å². The molecule has 0 spiro atoms. The number of phenolic OH excluding ortho intramolecular Hbond substituents is 1. The van der Waals surface area contributed by atoms with Crippen LogP contribution in [0.4, 0.5) is 10.2 Å². The van der Waals surface area contributed by atoms with Gasteiger partial charge >= 0.3 is 6.01 Å². The number of likely N-dealkylation sites (N-methyl/N-ethyl adjacent to an activating group) is 1. The summed E-state index contributed by atoms with van der Waals surface area (Å²) in [5.74, 6) is 0.202. The van der Waals surface area contributed by atoms with Gasteiger partial charge in [-0.15, -0.1) is 0 Å². The molecule has 3 heterocycles. The third-order valence-electron chi connectivity index (χ3n) is 6.50. The number of halogens is 2. The average molecular weight is 458 g/mol. The first-order valence-electron chi connectivity index (χ1n) is 10.8. The van der Waals surface area contributed by atoms with Crippen LogP contribution < -0.4 is 15.0 Å². The van der Waals surface area contributed by atoms with E-state index < -0.39 is 5.82 Å². The smallest absolute Gasteiger partial charge is 0.318 e. The molecule has 3 aromatic rings. The maximum Gasteiger partial charge on any atom is 0.318 e. The van der Waals surface area contributed by atoms with Crippen LogP contribution in [0.1, 0.15) is 37.7 Å². The number of hydrogen-bond donors (Lipinski definition) is 2. The van der Waals surface area contributed by atoms with Gasteiger partial charge in [0.15, 0.2) is 5.82 Å². The first-order valence-corrected chi connectivity index (χ1v) is 11.2. The number of ether oxygens (including phenoxy) is 1. The van der Waals surface area contributed by atoms with Crippen LogP contribution in [-0.2, 0) is 0 Å². The summed E-state index contributed by atoms with van der Waals surface area (Å²) >= 11 is 6.42. The molecule has 32 heavy (non-hydrogen) atoms. The number of anilines is 1. The molecule has 0 amide bonds. The van der Waals surface area contributed by atoms with Gasteiger partial charge in [0.25, 0.3) is 0 Å². The summed E-state index contributed by atoms with van der Waals surface area (Å²) in [7, 11) is 3.41. The molecular formula is C23H25ClFN5O2. The predicted molar refractivity (Wildman–Crippen MR) is 122 cm³/mol. The molecule has 168 valence electrons. The summed E-state index contributed by atoms with van der Waals surface area (Å²) in [5, 5.41) is 14.5. The van der Waals surface area contributed by atoms with E-state index >= 15 is 4.39 Å². The van der Waals surface area contributed by atoms with Crippen molar-refractivity contribution in [2.75, 3.05) is 25.6 Å². The lowest BCUT2D eigenvalue weighted by molar-refractivity contribution is 0.381. The van der Waals surface area contributed by atoms with Gasteiger partial charge in [0.05, 0.1) is 12.5 Å². The first-order chi connectivity index (χ1) is 15.4. The molecule has 1 aliphatic carbocycles. The second-order valence-corrected chi connectivity index (χ2v) is 9.00. The number of fused-ring (bicyclic) bond motifs is 1. The fourth-order valence-electron chi connectivity index (χ4n) is 4.69. The lowest BCUT2D eigenvalue weighted by Crippen LogP contribution is -2.40. The van der Waals surface area contributed by atoms with E-state index in [0.29, 0.717) is 21.8 Å². The predicted octanol–water partition coefficient (Wildman–Crippen LogP) is 4.26. The van der Waals surface area contributed by atoms with Gasteiger partial charge in [-0.1, -0.05) is 11.6 Å². The fourth-order valence-corrected chi connectivity index (χ4v) is 5.05. The van der Waals surface area contributed by atoms with Crippen LogP contribution in [-0.4, -0.2) is 52.8 Å². The molecular weight excluding hydrogens is 433 g/mol. The van der Waals surface area contributed by atoms with Crippen LogP contribution in [0.2, 0.25) is 5.02 Å².